The van der Waals surface area contributed by atoms with Crippen LogP contribution in [-0.2, 0) is 6.42 Å². The van der Waals surface area contributed by atoms with Gasteiger partial charge in [0.2, 0.25) is 0 Å². The third kappa shape index (κ3) is 2.32. The summed E-state index contributed by atoms with van der Waals surface area (Å²) >= 11 is 1.84. The molecule has 0 saturated carbocycles. The molecule has 0 spiro atoms. The summed E-state index contributed by atoms with van der Waals surface area (Å²) in [6, 6.07) is 2.17. The van der Waals surface area contributed by atoms with Crippen molar-refractivity contribution in [3.8, 4) is 0 Å². The van der Waals surface area contributed by atoms with Crippen LogP contribution in [-0.4, -0.2) is 6.54 Å². The molecule has 0 bridgehead atoms. The monoisotopic (exact) mass is 183 g/mol. The maximum atomic E-state index is 5.68. The Morgan fingerprint density at radius 2 is 2.17 bits per heavy atom. The largest absolute Gasteiger partial charge is 0.330 e. The Labute approximate surface area is 78.6 Å². The minimum Gasteiger partial charge on any atom is -0.330 e. The van der Waals surface area contributed by atoms with E-state index in [1.807, 2.05) is 11.3 Å². The second-order valence-corrected chi connectivity index (χ2v) is 5.07. The van der Waals surface area contributed by atoms with Gasteiger partial charge >= 0.3 is 0 Å². The van der Waals surface area contributed by atoms with Gasteiger partial charge in [0, 0.05) is 4.88 Å². The zero-order valence-corrected chi connectivity index (χ0v) is 8.87. The van der Waals surface area contributed by atoms with Crippen molar-refractivity contribution in [2.24, 2.45) is 11.1 Å². The van der Waals surface area contributed by atoms with Gasteiger partial charge in [0.15, 0.2) is 0 Å². The number of hydrogen-bond donors (Lipinski definition) is 1. The lowest BCUT2D eigenvalue weighted by molar-refractivity contribution is 0.379. The lowest BCUT2D eigenvalue weighted by Crippen LogP contribution is -2.25. The van der Waals surface area contributed by atoms with Crippen molar-refractivity contribution < 1.29 is 0 Å². The Kier molecular flexibility index (Phi) is 2.91. The standard InChI is InChI=1S/C10H17NS/c1-8-4-5-12-9(8)6-10(2,3)7-11/h4-5H,6-7,11H2,1-3H3. The van der Waals surface area contributed by atoms with Crippen LogP contribution < -0.4 is 5.73 Å². The van der Waals surface area contributed by atoms with Gasteiger partial charge in [0.25, 0.3) is 0 Å². The van der Waals surface area contributed by atoms with Gasteiger partial charge in [-0.05, 0) is 42.3 Å². The van der Waals surface area contributed by atoms with Crippen LogP contribution in [0.3, 0.4) is 0 Å². The first kappa shape index (κ1) is 9.75. The van der Waals surface area contributed by atoms with Gasteiger partial charge in [-0.1, -0.05) is 13.8 Å². The van der Waals surface area contributed by atoms with Crippen LogP contribution >= 0.6 is 11.3 Å². The fraction of sp³-hybridized carbons (Fsp3) is 0.600. The van der Waals surface area contributed by atoms with Crippen LogP contribution in [0.5, 0.6) is 0 Å². The number of hydrogen-bond acceptors (Lipinski definition) is 2. The molecule has 1 aromatic rings. The van der Waals surface area contributed by atoms with E-state index in [0.717, 1.165) is 13.0 Å². The summed E-state index contributed by atoms with van der Waals surface area (Å²) in [7, 11) is 0. The predicted octanol–water partition coefficient (Wildman–Crippen LogP) is 2.58. The van der Waals surface area contributed by atoms with E-state index in [9.17, 15) is 0 Å². The summed E-state index contributed by atoms with van der Waals surface area (Å²) < 4.78 is 0. The summed E-state index contributed by atoms with van der Waals surface area (Å²) in [6.45, 7) is 7.35. The maximum Gasteiger partial charge on any atom is 0.00802 e. The molecule has 0 saturated heterocycles. The molecule has 0 unspecified atom stereocenters. The Bertz CT molecular complexity index is 250. The van der Waals surface area contributed by atoms with Gasteiger partial charge in [-0.15, -0.1) is 11.3 Å². The molecule has 2 N–H and O–H groups in total. The first-order chi connectivity index (χ1) is 5.55. The molecule has 2 heteroatoms. The highest BCUT2D eigenvalue weighted by Crippen LogP contribution is 2.25. The minimum atomic E-state index is 0.246. The van der Waals surface area contributed by atoms with Crippen LogP contribution in [0.4, 0.5) is 0 Å². The molecule has 12 heavy (non-hydrogen) atoms. The SMILES string of the molecule is Cc1ccsc1CC(C)(C)CN. The van der Waals surface area contributed by atoms with E-state index in [-0.39, 0.29) is 5.41 Å². The van der Waals surface area contributed by atoms with Crippen molar-refractivity contribution in [1.82, 2.24) is 0 Å². The number of rotatable bonds is 3. The zero-order chi connectivity index (χ0) is 9.19. The van der Waals surface area contributed by atoms with E-state index in [1.54, 1.807) is 0 Å². The van der Waals surface area contributed by atoms with E-state index >= 15 is 0 Å². The fourth-order valence-corrected chi connectivity index (χ4v) is 2.26. The highest BCUT2D eigenvalue weighted by atomic mass is 32.1. The molecule has 0 fully saturated rings. The van der Waals surface area contributed by atoms with E-state index in [2.05, 4.69) is 32.2 Å². The number of thiophene rings is 1. The van der Waals surface area contributed by atoms with Gasteiger partial charge in [0.1, 0.15) is 0 Å². The highest BCUT2D eigenvalue weighted by Gasteiger charge is 2.17. The maximum absolute atomic E-state index is 5.68. The van der Waals surface area contributed by atoms with Crippen LogP contribution in [0.2, 0.25) is 0 Å². The average Bonchev–Trinajstić information content (AvgIpc) is 2.36. The second kappa shape index (κ2) is 3.58. The van der Waals surface area contributed by atoms with Gasteiger partial charge in [-0.25, -0.2) is 0 Å². The third-order valence-electron chi connectivity index (χ3n) is 2.16. The number of nitrogens with two attached hydrogens (primary N) is 1. The molecule has 1 nitrogen and oxygen atoms in total. The highest BCUT2D eigenvalue weighted by molar-refractivity contribution is 7.10. The van der Waals surface area contributed by atoms with E-state index in [0.29, 0.717) is 0 Å². The molecule has 0 radical (unpaired) electrons. The van der Waals surface area contributed by atoms with Crippen molar-refractivity contribution in [2.75, 3.05) is 6.54 Å². The topological polar surface area (TPSA) is 26.0 Å². The number of aryl methyl sites for hydroxylation is 1. The van der Waals surface area contributed by atoms with Gasteiger partial charge in [-0.3, -0.25) is 0 Å². The van der Waals surface area contributed by atoms with Crippen molar-refractivity contribution >= 4 is 11.3 Å². The van der Waals surface area contributed by atoms with Gasteiger partial charge in [0.05, 0.1) is 0 Å². The average molecular weight is 183 g/mol. The molecule has 1 heterocycles. The van der Waals surface area contributed by atoms with Crippen LogP contribution in [0, 0.1) is 12.3 Å². The fourth-order valence-electron chi connectivity index (χ4n) is 1.09. The van der Waals surface area contributed by atoms with Crippen LogP contribution in [0.1, 0.15) is 24.3 Å². The molecule has 0 aliphatic rings. The smallest absolute Gasteiger partial charge is 0.00802 e. The summed E-state index contributed by atoms with van der Waals surface area (Å²) in [4.78, 5) is 1.48. The second-order valence-electron chi connectivity index (χ2n) is 4.07. The van der Waals surface area contributed by atoms with Crippen LogP contribution in [0.15, 0.2) is 11.4 Å². The molecular formula is C10H17NS. The van der Waals surface area contributed by atoms with Crippen molar-refractivity contribution in [3.05, 3.63) is 21.9 Å². The van der Waals surface area contributed by atoms with Crippen molar-refractivity contribution in [1.29, 1.82) is 0 Å². The van der Waals surface area contributed by atoms with E-state index in [1.165, 1.54) is 10.4 Å². The first-order valence-electron chi connectivity index (χ1n) is 4.28. The van der Waals surface area contributed by atoms with Gasteiger partial charge < -0.3 is 5.73 Å². The first-order valence-corrected chi connectivity index (χ1v) is 5.16. The van der Waals surface area contributed by atoms with E-state index in [4.69, 9.17) is 5.73 Å². The lowest BCUT2D eigenvalue weighted by Gasteiger charge is -2.21. The van der Waals surface area contributed by atoms with E-state index < -0.39 is 0 Å². The predicted molar refractivity (Wildman–Crippen MR) is 55.6 cm³/mol. The molecule has 0 atom stereocenters. The summed E-state index contributed by atoms with van der Waals surface area (Å²) in [5.74, 6) is 0. The normalized spacial score (nSPS) is 12.0. The molecule has 1 aromatic heterocycles. The Morgan fingerprint density at radius 1 is 1.50 bits per heavy atom. The van der Waals surface area contributed by atoms with Crippen molar-refractivity contribution in [3.63, 3.8) is 0 Å². The summed E-state index contributed by atoms with van der Waals surface area (Å²) in [5.41, 5.74) is 7.33. The Balaban J connectivity index is 2.70. The summed E-state index contributed by atoms with van der Waals surface area (Å²) in [5, 5.41) is 2.15. The lowest BCUT2D eigenvalue weighted by atomic mass is 9.88. The molecule has 68 valence electrons. The Hall–Kier alpha value is -0.340. The molecule has 0 aliphatic carbocycles. The summed E-state index contributed by atoms with van der Waals surface area (Å²) in [6.07, 6.45) is 1.10. The van der Waals surface area contributed by atoms with Crippen molar-refractivity contribution in [2.45, 2.75) is 27.2 Å². The molecule has 0 amide bonds. The third-order valence-corrected chi connectivity index (χ3v) is 3.18. The molecule has 1 rings (SSSR count). The quantitative estimate of drug-likeness (QED) is 0.766. The van der Waals surface area contributed by atoms with Crippen LogP contribution in [0.25, 0.3) is 0 Å². The molecule has 0 aromatic carbocycles. The van der Waals surface area contributed by atoms with Gasteiger partial charge in [-0.2, -0.15) is 0 Å². The zero-order valence-electron chi connectivity index (χ0n) is 8.05. The molecular weight excluding hydrogens is 166 g/mol. The minimum absolute atomic E-state index is 0.246. The Morgan fingerprint density at radius 3 is 2.58 bits per heavy atom. The molecule has 0 aliphatic heterocycles.